The second-order valence-electron chi connectivity index (χ2n) is 4.14. The molecule has 0 saturated heterocycles. The maximum Gasteiger partial charge on any atom is 0.257 e. The molecular formula is C12H13ClN6OS. The highest BCUT2D eigenvalue weighted by Crippen LogP contribution is 2.10. The van der Waals surface area contributed by atoms with Crippen molar-refractivity contribution >= 4 is 40.8 Å². The third-order valence-electron chi connectivity index (χ3n) is 2.51. The summed E-state index contributed by atoms with van der Waals surface area (Å²) in [4.78, 5) is 12.0. The van der Waals surface area contributed by atoms with Crippen molar-refractivity contribution in [1.82, 2.24) is 25.5 Å². The van der Waals surface area contributed by atoms with Crippen LogP contribution >= 0.6 is 23.8 Å². The Kier molecular flexibility index (Phi) is 5.18. The molecule has 1 amide bonds. The Hall–Kier alpha value is -2.06. The summed E-state index contributed by atoms with van der Waals surface area (Å²) in [7, 11) is 0. The molecule has 0 aliphatic carbocycles. The van der Waals surface area contributed by atoms with E-state index < -0.39 is 0 Å². The fourth-order valence-corrected chi connectivity index (χ4v) is 1.97. The second kappa shape index (κ2) is 7.09. The average molecular weight is 325 g/mol. The van der Waals surface area contributed by atoms with Gasteiger partial charge in [0, 0.05) is 17.1 Å². The van der Waals surface area contributed by atoms with Gasteiger partial charge in [-0.3, -0.25) is 15.4 Å². The van der Waals surface area contributed by atoms with Crippen molar-refractivity contribution in [1.29, 1.82) is 0 Å². The first-order valence-electron chi connectivity index (χ1n) is 6.24. The number of nitrogens with zero attached hydrogens (tertiary/aromatic N) is 4. The molecule has 7 nitrogen and oxygen atoms in total. The van der Waals surface area contributed by atoms with Crippen LogP contribution in [0.15, 0.2) is 24.3 Å². The fourth-order valence-electron chi connectivity index (χ4n) is 1.59. The molecule has 110 valence electrons. The molecule has 0 fully saturated rings. The number of hydrogen-bond donors (Lipinski definition) is 2. The van der Waals surface area contributed by atoms with E-state index in [1.807, 2.05) is 6.92 Å². The Balaban J connectivity index is 1.98. The van der Waals surface area contributed by atoms with Crippen LogP contribution in [0.3, 0.4) is 0 Å². The SMILES string of the molecule is CCCn1nnnc1NC(=S)NC(=O)c1cccc(Cl)c1. The summed E-state index contributed by atoms with van der Waals surface area (Å²) in [5.41, 5.74) is 0.416. The van der Waals surface area contributed by atoms with Gasteiger partial charge in [-0.25, -0.2) is 4.68 Å². The number of aromatic nitrogens is 4. The van der Waals surface area contributed by atoms with Crippen LogP contribution < -0.4 is 10.6 Å². The molecule has 1 aromatic heterocycles. The molecule has 0 radical (unpaired) electrons. The van der Waals surface area contributed by atoms with Crippen molar-refractivity contribution in [3.8, 4) is 0 Å². The summed E-state index contributed by atoms with van der Waals surface area (Å²) in [5.74, 6) is 0.0257. The zero-order valence-electron chi connectivity index (χ0n) is 11.2. The summed E-state index contributed by atoms with van der Waals surface area (Å²) in [6, 6.07) is 6.58. The van der Waals surface area contributed by atoms with E-state index in [1.165, 1.54) is 0 Å². The average Bonchev–Trinajstić information content (AvgIpc) is 2.86. The molecule has 2 aromatic rings. The number of nitrogens with one attached hydrogen (secondary N) is 2. The van der Waals surface area contributed by atoms with Gasteiger partial charge in [0.15, 0.2) is 5.11 Å². The van der Waals surface area contributed by atoms with Gasteiger partial charge in [0.2, 0.25) is 5.95 Å². The van der Waals surface area contributed by atoms with Crippen molar-refractivity contribution in [3.63, 3.8) is 0 Å². The van der Waals surface area contributed by atoms with Gasteiger partial charge in [0.05, 0.1) is 0 Å². The van der Waals surface area contributed by atoms with Gasteiger partial charge in [-0.1, -0.05) is 29.7 Å². The third kappa shape index (κ3) is 4.20. The number of benzene rings is 1. The number of anilines is 1. The Labute approximate surface area is 131 Å². The van der Waals surface area contributed by atoms with Crippen LogP contribution in [0.5, 0.6) is 0 Å². The number of carbonyl (C=O) groups is 1. The summed E-state index contributed by atoms with van der Waals surface area (Å²) in [5, 5.41) is 17.1. The zero-order valence-corrected chi connectivity index (χ0v) is 12.8. The molecule has 2 N–H and O–H groups in total. The van der Waals surface area contributed by atoms with Crippen molar-refractivity contribution in [2.24, 2.45) is 0 Å². The highest BCUT2D eigenvalue weighted by Gasteiger charge is 2.11. The minimum absolute atomic E-state index is 0.118. The standard InChI is InChI=1S/C12H13ClN6OS/c1-2-6-19-11(16-17-18-19)15-12(21)14-10(20)8-4-3-5-9(13)7-8/h3-5,7H,2,6H2,1H3,(H2,14,15,16,18,20,21). The van der Waals surface area contributed by atoms with Crippen LogP contribution in [0.1, 0.15) is 23.7 Å². The van der Waals surface area contributed by atoms with Crippen LogP contribution in [0.4, 0.5) is 5.95 Å². The van der Waals surface area contributed by atoms with Gasteiger partial charge in [0.25, 0.3) is 5.91 Å². The second-order valence-corrected chi connectivity index (χ2v) is 4.99. The minimum atomic E-state index is -0.357. The smallest absolute Gasteiger partial charge is 0.257 e. The Morgan fingerprint density at radius 3 is 3.00 bits per heavy atom. The molecule has 0 atom stereocenters. The van der Waals surface area contributed by atoms with E-state index in [0.29, 0.717) is 23.1 Å². The van der Waals surface area contributed by atoms with Gasteiger partial charge < -0.3 is 0 Å². The maximum atomic E-state index is 12.0. The first kappa shape index (κ1) is 15.3. The molecule has 1 heterocycles. The number of hydrogen-bond acceptors (Lipinski definition) is 5. The molecule has 1 aromatic carbocycles. The van der Waals surface area contributed by atoms with Gasteiger partial charge in [0.1, 0.15) is 0 Å². The first-order valence-corrected chi connectivity index (χ1v) is 7.03. The lowest BCUT2D eigenvalue weighted by Crippen LogP contribution is -2.35. The highest BCUT2D eigenvalue weighted by atomic mass is 35.5. The summed E-state index contributed by atoms with van der Waals surface area (Å²) in [6.07, 6.45) is 0.876. The largest absolute Gasteiger partial charge is 0.300 e. The first-order chi connectivity index (χ1) is 10.1. The van der Waals surface area contributed by atoms with E-state index >= 15 is 0 Å². The zero-order chi connectivity index (χ0) is 15.2. The van der Waals surface area contributed by atoms with E-state index in [9.17, 15) is 4.79 Å². The number of aryl methyl sites for hydroxylation is 1. The Bertz CT molecular complexity index is 659. The number of thiocarbonyl (C=S) groups is 1. The van der Waals surface area contributed by atoms with Crippen molar-refractivity contribution in [2.75, 3.05) is 5.32 Å². The molecule has 0 saturated carbocycles. The monoisotopic (exact) mass is 324 g/mol. The topological polar surface area (TPSA) is 84.7 Å². The van der Waals surface area contributed by atoms with Crippen molar-refractivity contribution in [2.45, 2.75) is 19.9 Å². The van der Waals surface area contributed by atoms with E-state index in [1.54, 1.807) is 28.9 Å². The molecule has 9 heteroatoms. The lowest BCUT2D eigenvalue weighted by molar-refractivity contribution is 0.0977. The molecule has 0 aliphatic heterocycles. The lowest BCUT2D eigenvalue weighted by Gasteiger charge is -2.09. The van der Waals surface area contributed by atoms with Crippen LogP contribution in [0, 0.1) is 0 Å². The molecule has 0 unspecified atom stereocenters. The fraction of sp³-hybridized carbons (Fsp3) is 0.250. The van der Waals surface area contributed by atoms with Crippen LogP contribution in [-0.2, 0) is 6.54 Å². The van der Waals surface area contributed by atoms with Gasteiger partial charge >= 0.3 is 0 Å². The van der Waals surface area contributed by atoms with Crippen LogP contribution in [0.2, 0.25) is 5.02 Å². The number of tetrazole rings is 1. The van der Waals surface area contributed by atoms with E-state index in [4.69, 9.17) is 23.8 Å². The predicted molar refractivity (Wildman–Crippen MR) is 83.2 cm³/mol. The minimum Gasteiger partial charge on any atom is -0.300 e. The molecule has 0 aliphatic rings. The van der Waals surface area contributed by atoms with Crippen molar-refractivity contribution < 1.29 is 4.79 Å². The van der Waals surface area contributed by atoms with Gasteiger partial charge in [-0.05, 0) is 47.3 Å². The molecule has 2 rings (SSSR count). The molecular weight excluding hydrogens is 312 g/mol. The summed E-state index contributed by atoms with van der Waals surface area (Å²) in [6.45, 7) is 2.66. The van der Waals surface area contributed by atoms with E-state index in [2.05, 4.69) is 26.2 Å². The maximum absolute atomic E-state index is 12.0. The Morgan fingerprint density at radius 1 is 1.48 bits per heavy atom. The quantitative estimate of drug-likeness (QED) is 0.835. The van der Waals surface area contributed by atoms with Crippen LogP contribution in [0.25, 0.3) is 0 Å². The summed E-state index contributed by atoms with van der Waals surface area (Å²) < 4.78 is 1.57. The third-order valence-corrected chi connectivity index (χ3v) is 2.95. The van der Waals surface area contributed by atoms with Gasteiger partial charge in [-0.2, -0.15) is 0 Å². The molecule has 0 spiro atoms. The number of rotatable bonds is 4. The lowest BCUT2D eigenvalue weighted by atomic mass is 10.2. The number of amides is 1. The molecule has 21 heavy (non-hydrogen) atoms. The van der Waals surface area contributed by atoms with E-state index in [-0.39, 0.29) is 11.0 Å². The predicted octanol–water partition coefficient (Wildman–Crippen LogP) is 1.86. The Morgan fingerprint density at radius 2 is 2.29 bits per heavy atom. The summed E-state index contributed by atoms with van der Waals surface area (Å²) >= 11 is 10.9. The van der Waals surface area contributed by atoms with E-state index in [0.717, 1.165) is 6.42 Å². The molecule has 0 bridgehead atoms. The van der Waals surface area contributed by atoms with Crippen LogP contribution in [-0.4, -0.2) is 31.2 Å². The van der Waals surface area contributed by atoms with Crippen molar-refractivity contribution in [3.05, 3.63) is 34.9 Å². The van der Waals surface area contributed by atoms with Gasteiger partial charge in [-0.15, -0.1) is 0 Å². The number of halogens is 1. The number of carbonyl (C=O) groups excluding carboxylic acids is 1. The normalized spacial score (nSPS) is 10.2. The highest BCUT2D eigenvalue weighted by molar-refractivity contribution is 7.80.